The molecule has 1 aromatic heterocycles. The maximum Gasteiger partial charge on any atom is 0.326 e. The average molecular weight is 389 g/mol. The van der Waals surface area contributed by atoms with Gasteiger partial charge in [0.25, 0.3) is 5.91 Å². The lowest BCUT2D eigenvalue weighted by molar-refractivity contribution is -0.140. The van der Waals surface area contributed by atoms with E-state index in [1.807, 2.05) is 19.1 Å². The van der Waals surface area contributed by atoms with Crippen molar-refractivity contribution in [3.05, 3.63) is 63.4 Å². The number of aliphatic carboxylic acids is 1. The standard InChI is InChI=1S/C19H17ClN2O3S/c1-3-14(18(24)25)22-15-6-4-5-13(20)16(15)26-19(22)21-17(23)12-9-7-11(2)8-10-12/h4-10,14H,3H2,1-2H3,(H,24,25). The fraction of sp³-hybridized carbons (Fsp3) is 0.211. The van der Waals surface area contributed by atoms with Crippen LogP contribution in [0.15, 0.2) is 47.5 Å². The number of carbonyl (C=O) groups excluding carboxylic acids is 1. The summed E-state index contributed by atoms with van der Waals surface area (Å²) in [6.07, 6.45) is 0.361. The van der Waals surface area contributed by atoms with Gasteiger partial charge in [-0.25, -0.2) is 4.79 Å². The summed E-state index contributed by atoms with van der Waals surface area (Å²) in [7, 11) is 0. The monoisotopic (exact) mass is 388 g/mol. The van der Waals surface area contributed by atoms with Crippen molar-refractivity contribution in [2.45, 2.75) is 26.3 Å². The first-order valence-corrected chi connectivity index (χ1v) is 9.30. The lowest BCUT2D eigenvalue weighted by Gasteiger charge is -2.13. The molecule has 0 radical (unpaired) electrons. The first-order chi connectivity index (χ1) is 12.4. The summed E-state index contributed by atoms with van der Waals surface area (Å²) in [4.78, 5) is 28.8. The number of aryl methyl sites for hydroxylation is 1. The predicted octanol–water partition coefficient (Wildman–Crippen LogP) is 4.44. The third-order valence-corrected chi connectivity index (χ3v) is 5.62. The Balaban J connectivity index is 2.24. The van der Waals surface area contributed by atoms with Crippen LogP contribution in [0.25, 0.3) is 10.2 Å². The second kappa shape index (κ2) is 7.43. The Bertz CT molecular complexity index is 1050. The summed E-state index contributed by atoms with van der Waals surface area (Å²) >= 11 is 7.48. The normalized spacial score (nSPS) is 13.1. The summed E-state index contributed by atoms with van der Waals surface area (Å²) in [6.45, 7) is 3.72. The Morgan fingerprint density at radius 1 is 1.23 bits per heavy atom. The second-order valence-corrected chi connectivity index (χ2v) is 7.27. The highest BCUT2D eigenvalue weighted by atomic mass is 35.5. The van der Waals surface area contributed by atoms with Crippen molar-refractivity contribution in [2.75, 3.05) is 0 Å². The van der Waals surface area contributed by atoms with Crippen LogP contribution in [0.4, 0.5) is 0 Å². The number of carbonyl (C=O) groups is 2. The number of halogens is 1. The van der Waals surface area contributed by atoms with Crippen molar-refractivity contribution in [3.63, 3.8) is 0 Å². The SMILES string of the molecule is CCC(C(=O)O)n1c(=NC(=O)c2ccc(C)cc2)sc2c(Cl)cccc21. The van der Waals surface area contributed by atoms with Crippen molar-refractivity contribution in [2.24, 2.45) is 4.99 Å². The minimum atomic E-state index is -0.976. The van der Waals surface area contributed by atoms with Gasteiger partial charge < -0.3 is 9.67 Å². The van der Waals surface area contributed by atoms with Gasteiger partial charge in [0.1, 0.15) is 6.04 Å². The highest BCUT2D eigenvalue weighted by Gasteiger charge is 2.22. The number of carboxylic acid groups (broad SMARTS) is 1. The molecule has 3 rings (SSSR count). The molecule has 0 aliphatic carbocycles. The molecule has 0 saturated heterocycles. The fourth-order valence-electron chi connectivity index (χ4n) is 2.72. The van der Waals surface area contributed by atoms with Crippen LogP contribution in [0.3, 0.4) is 0 Å². The van der Waals surface area contributed by atoms with Gasteiger partial charge in [-0.2, -0.15) is 4.99 Å². The van der Waals surface area contributed by atoms with Crippen LogP contribution >= 0.6 is 22.9 Å². The van der Waals surface area contributed by atoms with Crippen molar-refractivity contribution >= 4 is 45.0 Å². The quantitative estimate of drug-likeness (QED) is 0.718. The van der Waals surface area contributed by atoms with Gasteiger partial charge in [0.05, 0.1) is 15.2 Å². The van der Waals surface area contributed by atoms with E-state index in [0.717, 1.165) is 5.56 Å². The molecule has 1 N–H and O–H groups in total. The number of aromatic nitrogens is 1. The summed E-state index contributed by atoms with van der Waals surface area (Å²) < 4.78 is 2.30. The van der Waals surface area contributed by atoms with Crippen molar-refractivity contribution in [1.82, 2.24) is 4.57 Å². The molecule has 3 aromatic rings. The van der Waals surface area contributed by atoms with Gasteiger partial charge in [-0.3, -0.25) is 4.79 Å². The minimum absolute atomic E-state index is 0.327. The van der Waals surface area contributed by atoms with E-state index < -0.39 is 17.9 Å². The molecular formula is C19H17ClN2O3S. The zero-order valence-electron chi connectivity index (χ0n) is 14.3. The van der Waals surface area contributed by atoms with E-state index in [2.05, 4.69) is 4.99 Å². The van der Waals surface area contributed by atoms with Crippen LogP contribution in [0.5, 0.6) is 0 Å². The molecule has 2 aromatic carbocycles. The molecule has 26 heavy (non-hydrogen) atoms. The van der Waals surface area contributed by atoms with Crippen LogP contribution in [-0.2, 0) is 4.79 Å². The summed E-state index contributed by atoms with van der Waals surface area (Å²) in [5.41, 5.74) is 2.16. The van der Waals surface area contributed by atoms with E-state index in [1.165, 1.54) is 11.3 Å². The minimum Gasteiger partial charge on any atom is -0.480 e. The third kappa shape index (κ3) is 3.43. The van der Waals surface area contributed by atoms with Crippen molar-refractivity contribution in [3.8, 4) is 0 Å². The lowest BCUT2D eigenvalue weighted by atomic mass is 10.1. The number of carboxylic acids is 1. The maximum absolute atomic E-state index is 12.6. The van der Waals surface area contributed by atoms with E-state index in [0.29, 0.717) is 32.0 Å². The molecule has 7 heteroatoms. The van der Waals surface area contributed by atoms with Crippen LogP contribution in [0.2, 0.25) is 5.02 Å². The van der Waals surface area contributed by atoms with Gasteiger partial charge in [0.2, 0.25) is 0 Å². The summed E-state index contributed by atoms with van der Waals surface area (Å²) in [5.74, 6) is -1.39. The van der Waals surface area contributed by atoms with Crippen LogP contribution in [-0.4, -0.2) is 21.6 Å². The van der Waals surface area contributed by atoms with Gasteiger partial charge in [-0.15, -0.1) is 0 Å². The van der Waals surface area contributed by atoms with Gasteiger partial charge in [-0.05, 0) is 37.6 Å². The van der Waals surface area contributed by atoms with Crippen LogP contribution in [0.1, 0.15) is 35.3 Å². The van der Waals surface area contributed by atoms with Gasteiger partial charge in [-0.1, -0.05) is 53.6 Å². The third-order valence-electron chi connectivity index (χ3n) is 4.08. The zero-order valence-corrected chi connectivity index (χ0v) is 15.8. The van der Waals surface area contributed by atoms with Gasteiger partial charge in [0.15, 0.2) is 4.80 Å². The molecule has 1 heterocycles. The smallest absolute Gasteiger partial charge is 0.326 e. The highest BCUT2D eigenvalue weighted by Crippen LogP contribution is 2.28. The topological polar surface area (TPSA) is 71.7 Å². The fourth-order valence-corrected chi connectivity index (χ4v) is 4.08. The number of hydrogen-bond donors (Lipinski definition) is 1. The number of hydrogen-bond acceptors (Lipinski definition) is 3. The molecule has 5 nitrogen and oxygen atoms in total. The Kier molecular flexibility index (Phi) is 5.25. The molecule has 0 aliphatic rings. The molecule has 0 aliphatic heterocycles. The maximum atomic E-state index is 12.6. The Morgan fingerprint density at radius 2 is 1.92 bits per heavy atom. The van der Waals surface area contributed by atoms with E-state index in [-0.39, 0.29) is 0 Å². The molecule has 1 atom stereocenters. The van der Waals surface area contributed by atoms with E-state index in [9.17, 15) is 14.7 Å². The molecule has 134 valence electrons. The van der Waals surface area contributed by atoms with Crippen molar-refractivity contribution in [1.29, 1.82) is 0 Å². The zero-order chi connectivity index (χ0) is 18.8. The predicted molar refractivity (Wildman–Crippen MR) is 103 cm³/mol. The molecule has 1 unspecified atom stereocenters. The van der Waals surface area contributed by atoms with E-state index in [1.54, 1.807) is 41.8 Å². The molecule has 1 amide bonds. The molecule has 0 fully saturated rings. The number of nitrogens with zero attached hydrogens (tertiary/aromatic N) is 2. The Morgan fingerprint density at radius 3 is 2.54 bits per heavy atom. The first-order valence-electron chi connectivity index (χ1n) is 8.10. The number of thiazole rings is 1. The van der Waals surface area contributed by atoms with E-state index >= 15 is 0 Å². The molecule has 0 spiro atoms. The summed E-state index contributed by atoms with van der Waals surface area (Å²) in [5, 5.41) is 10.1. The van der Waals surface area contributed by atoms with Gasteiger partial charge in [0, 0.05) is 5.56 Å². The number of benzene rings is 2. The number of amides is 1. The number of rotatable bonds is 4. The largest absolute Gasteiger partial charge is 0.480 e. The Labute approximate surface area is 159 Å². The number of fused-ring (bicyclic) bond motifs is 1. The molecule has 0 saturated carbocycles. The highest BCUT2D eigenvalue weighted by molar-refractivity contribution is 7.17. The Hall–Kier alpha value is -2.44. The van der Waals surface area contributed by atoms with Crippen molar-refractivity contribution < 1.29 is 14.7 Å². The summed E-state index contributed by atoms with van der Waals surface area (Å²) in [6, 6.07) is 11.5. The molecule has 0 bridgehead atoms. The van der Waals surface area contributed by atoms with Crippen LogP contribution < -0.4 is 4.80 Å². The molecular weight excluding hydrogens is 372 g/mol. The first kappa shape index (κ1) is 18.4. The lowest BCUT2D eigenvalue weighted by Crippen LogP contribution is -2.27. The average Bonchev–Trinajstić information content (AvgIpc) is 2.95. The van der Waals surface area contributed by atoms with Crippen LogP contribution in [0, 0.1) is 6.92 Å². The second-order valence-electron chi connectivity index (χ2n) is 5.89. The van der Waals surface area contributed by atoms with E-state index in [4.69, 9.17) is 11.6 Å². The van der Waals surface area contributed by atoms with Gasteiger partial charge >= 0.3 is 5.97 Å².